The zero-order valence-corrected chi connectivity index (χ0v) is 15.5. The molecule has 0 unspecified atom stereocenters. The van der Waals surface area contributed by atoms with Crippen LogP contribution in [0.3, 0.4) is 0 Å². The molecule has 0 aliphatic carbocycles. The number of benzene rings is 1. The van der Waals surface area contributed by atoms with Gasteiger partial charge < -0.3 is 10.6 Å². The van der Waals surface area contributed by atoms with Crippen molar-refractivity contribution in [3.05, 3.63) is 35.9 Å². The van der Waals surface area contributed by atoms with Crippen LogP contribution in [0.15, 0.2) is 30.3 Å². The van der Waals surface area contributed by atoms with E-state index >= 15 is 0 Å². The van der Waals surface area contributed by atoms with E-state index in [0.717, 1.165) is 18.4 Å². The third kappa shape index (κ3) is 6.71. The van der Waals surface area contributed by atoms with Crippen molar-refractivity contribution in [3.63, 3.8) is 0 Å². The van der Waals surface area contributed by atoms with E-state index in [1.807, 2.05) is 51.1 Å². The molecule has 0 bridgehead atoms. The first-order valence-corrected chi connectivity index (χ1v) is 8.70. The highest BCUT2D eigenvalue weighted by molar-refractivity contribution is 5.83. The van der Waals surface area contributed by atoms with Gasteiger partial charge in [-0.3, -0.25) is 14.5 Å². The lowest BCUT2D eigenvalue weighted by Gasteiger charge is -2.26. The van der Waals surface area contributed by atoms with Gasteiger partial charge in [-0.15, -0.1) is 0 Å². The summed E-state index contributed by atoms with van der Waals surface area (Å²) in [6.45, 7) is 7.98. The van der Waals surface area contributed by atoms with Crippen molar-refractivity contribution in [3.8, 4) is 0 Å². The molecule has 0 saturated heterocycles. The smallest absolute Gasteiger partial charge is 0.237 e. The molecule has 0 aromatic heterocycles. The van der Waals surface area contributed by atoms with Crippen molar-refractivity contribution in [1.82, 2.24) is 15.5 Å². The molecule has 2 amide bonds. The van der Waals surface area contributed by atoms with Gasteiger partial charge in [-0.05, 0) is 39.8 Å². The molecule has 5 heteroatoms. The second-order valence-electron chi connectivity index (χ2n) is 6.57. The highest BCUT2D eigenvalue weighted by atomic mass is 16.2. The van der Waals surface area contributed by atoms with Gasteiger partial charge in [-0.1, -0.05) is 43.7 Å². The Balaban J connectivity index is 2.64. The zero-order valence-electron chi connectivity index (χ0n) is 15.5. The summed E-state index contributed by atoms with van der Waals surface area (Å²) in [4.78, 5) is 26.2. The Hall–Kier alpha value is -1.88. The molecule has 24 heavy (non-hydrogen) atoms. The molecule has 0 heterocycles. The first kappa shape index (κ1) is 20.2. The number of rotatable bonds is 9. The SMILES string of the molecule is CCC[C@@H](NC(=O)[C@H](C)N(C)CC(=O)NC(C)C)c1ccccc1. The van der Waals surface area contributed by atoms with Crippen molar-refractivity contribution in [2.24, 2.45) is 0 Å². The summed E-state index contributed by atoms with van der Waals surface area (Å²) in [5.74, 6) is -0.127. The third-order valence-corrected chi connectivity index (χ3v) is 3.98. The van der Waals surface area contributed by atoms with E-state index in [-0.39, 0.29) is 36.5 Å². The summed E-state index contributed by atoms with van der Waals surface area (Å²) in [5, 5.41) is 5.96. The van der Waals surface area contributed by atoms with Crippen LogP contribution in [0, 0.1) is 0 Å². The molecule has 0 radical (unpaired) electrons. The highest BCUT2D eigenvalue weighted by Gasteiger charge is 2.23. The number of hydrogen-bond donors (Lipinski definition) is 2. The van der Waals surface area contributed by atoms with E-state index in [2.05, 4.69) is 17.6 Å². The van der Waals surface area contributed by atoms with Gasteiger partial charge in [0.1, 0.15) is 0 Å². The quantitative estimate of drug-likeness (QED) is 0.730. The Bertz CT molecular complexity index is 517. The number of hydrogen-bond acceptors (Lipinski definition) is 3. The van der Waals surface area contributed by atoms with Crippen LogP contribution < -0.4 is 10.6 Å². The molecule has 5 nitrogen and oxygen atoms in total. The van der Waals surface area contributed by atoms with Crippen molar-refractivity contribution in [2.45, 2.75) is 58.7 Å². The predicted molar refractivity (Wildman–Crippen MR) is 97.6 cm³/mol. The standard InChI is InChI=1S/C19H31N3O2/c1-6-10-17(16-11-8-7-9-12-16)21-19(24)15(4)22(5)13-18(23)20-14(2)3/h7-9,11-12,14-15,17H,6,10,13H2,1-5H3,(H,20,23)(H,21,24)/t15-,17+/m0/s1. The maximum atomic E-state index is 12.6. The second-order valence-corrected chi connectivity index (χ2v) is 6.57. The summed E-state index contributed by atoms with van der Waals surface area (Å²) in [7, 11) is 1.79. The van der Waals surface area contributed by atoms with Crippen LogP contribution in [-0.2, 0) is 9.59 Å². The van der Waals surface area contributed by atoms with Gasteiger partial charge >= 0.3 is 0 Å². The number of nitrogens with zero attached hydrogens (tertiary/aromatic N) is 1. The first-order chi connectivity index (χ1) is 11.3. The molecule has 0 aliphatic rings. The largest absolute Gasteiger partial charge is 0.353 e. The van der Waals surface area contributed by atoms with Crippen LogP contribution >= 0.6 is 0 Å². The zero-order chi connectivity index (χ0) is 18.1. The Morgan fingerprint density at radius 2 is 1.71 bits per heavy atom. The number of carbonyl (C=O) groups excluding carboxylic acids is 2. The van der Waals surface area contributed by atoms with Crippen molar-refractivity contribution >= 4 is 11.8 Å². The van der Waals surface area contributed by atoms with E-state index < -0.39 is 0 Å². The van der Waals surface area contributed by atoms with Crippen LogP contribution in [0.25, 0.3) is 0 Å². The normalized spacial score (nSPS) is 13.6. The first-order valence-electron chi connectivity index (χ1n) is 8.70. The Labute approximate surface area is 145 Å². The lowest BCUT2D eigenvalue weighted by atomic mass is 10.0. The van der Waals surface area contributed by atoms with E-state index in [0.29, 0.717) is 0 Å². The van der Waals surface area contributed by atoms with Crippen LogP contribution in [0.1, 0.15) is 52.1 Å². The van der Waals surface area contributed by atoms with Gasteiger partial charge in [0.25, 0.3) is 0 Å². The number of nitrogens with one attached hydrogen (secondary N) is 2. The minimum absolute atomic E-state index is 0.00374. The average Bonchev–Trinajstić information content (AvgIpc) is 2.53. The van der Waals surface area contributed by atoms with Crippen LogP contribution in [0.5, 0.6) is 0 Å². The molecule has 0 fully saturated rings. The fraction of sp³-hybridized carbons (Fsp3) is 0.579. The molecular formula is C19H31N3O2. The molecule has 2 atom stereocenters. The number of carbonyl (C=O) groups is 2. The van der Waals surface area contributed by atoms with Crippen molar-refractivity contribution < 1.29 is 9.59 Å². The van der Waals surface area contributed by atoms with Crippen molar-refractivity contribution in [2.75, 3.05) is 13.6 Å². The topological polar surface area (TPSA) is 61.4 Å². The van der Waals surface area contributed by atoms with Crippen molar-refractivity contribution in [1.29, 1.82) is 0 Å². The summed E-state index contributed by atoms with van der Waals surface area (Å²) in [6.07, 6.45) is 1.88. The fourth-order valence-corrected chi connectivity index (χ4v) is 2.52. The van der Waals surface area contributed by atoms with Gasteiger partial charge in [-0.25, -0.2) is 0 Å². The van der Waals surface area contributed by atoms with Gasteiger partial charge in [-0.2, -0.15) is 0 Å². The van der Waals surface area contributed by atoms with E-state index in [1.165, 1.54) is 0 Å². The molecule has 0 saturated carbocycles. The fourth-order valence-electron chi connectivity index (χ4n) is 2.52. The van der Waals surface area contributed by atoms with Gasteiger partial charge in [0, 0.05) is 6.04 Å². The molecule has 1 aromatic rings. The Morgan fingerprint density at radius 3 is 2.25 bits per heavy atom. The molecule has 134 valence electrons. The predicted octanol–water partition coefficient (Wildman–Crippen LogP) is 2.49. The van der Waals surface area contributed by atoms with E-state index in [4.69, 9.17) is 0 Å². The Morgan fingerprint density at radius 1 is 1.08 bits per heavy atom. The van der Waals surface area contributed by atoms with Gasteiger partial charge in [0.15, 0.2) is 0 Å². The van der Waals surface area contributed by atoms with E-state index in [1.54, 1.807) is 11.9 Å². The molecule has 2 N–H and O–H groups in total. The van der Waals surface area contributed by atoms with Crippen LogP contribution in [-0.4, -0.2) is 42.4 Å². The maximum Gasteiger partial charge on any atom is 0.237 e. The molecule has 0 aliphatic heterocycles. The van der Waals surface area contributed by atoms with Gasteiger partial charge in [0.2, 0.25) is 11.8 Å². The molecular weight excluding hydrogens is 302 g/mol. The van der Waals surface area contributed by atoms with Crippen LogP contribution in [0.2, 0.25) is 0 Å². The lowest BCUT2D eigenvalue weighted by Crippen LogP contribution is -2.48. The number of amides is 2. The van der Waals surface area contributed by atoms with Gasteiger partial charge in [0.05, 0.1) is 18.6 Å². The maximum absolute atomic E-state index is 12.6. The lowest BCUT2D eigenvalue weighted by molar-refractivity contribution is -0.128. The highest BCUT2D eigenvalue weighted by Crippen LogP contribution is 2.18. The van der Waals surface area contributed by atoms with Crippen LogP contribution in [0.4, 0.5) is 0 Å². The molecule has 1 aromatic carbocycles. The summed E-state index contributed by atoms with van der Waals surface area (Å²) < 4.78 is 0. The molecule has 1 rings (SSSR count). The summed E-state index contributed by atoms with van der Waals surface area (Å²) in [6, 6.07) is 9.73. The molecule has 0 spiro atoms. The monoisotopic (exact) mass is 333 g/mol. The second kappa shape index (κ2) is 10.1. The number of likely N-dealkylation sites (N-methyl/N-ethyl adjacent to an activating group) is 1. The third-order valence-electron chi connectivity index (χ3n) is 3.98. The Kier molecular flexibility index (Phi) is 8.47. The average molecular weight is 333 g/mol. The van der Waals surface area contributed by atoms with E-state index in [9.17, 15) is 9.59 Å². The minimum atomic E-state index is -0.369. The summed E-state index contributed by atoms with van der Waals surface area (Å²) >= 11 is 0. The summed E-state index contributed by atoms with van der Waals surface area (Å²) in [5.41, 5.74) is 1.11. The minimum Gasteiger partial charge on any atom is -0.353 e.